The van der Waals surface area contributed by atoms with Gasteiger partial charge in [-0.05, 0) is 44.2 Å². The van der Waals surface area contributed by atoms with Crippen LogP contribution in [0.25, 0.3) is 11.0 Å². The molecule has 0 aliphatic rings. The minimum Gasteiger partial charge on any atom is -0.273 e. The lowest BCUT2D eigenvalue weighted by atomic mass is 10.0. The number of benzene rings is 1. The molecular formula is C30H49N3O. The Labute approximate surface area is 208 Å². The second kappa shape index (κ2) is 19.3. The minimum atomic E-state index is 0.0476. The van der Waals surface area contributed by atoms with Gasteiger partial charge in [0.05, 0.1) is 5.52 Å². The summed E-state index contributed by atoms with van der Waals surface area (Å²) in [7, 11) is 0. The van der Waals surface area contributed by atoms with E-state index in [1.54, 1.807) is 0 Å². The molecule has 0 aliphatic heterocycles. The van der Waals surface area contributed by atoms with Crippen molar-refractivity contribution in [3.05, 3.63) is 36.4 Å². The summed E-state index contributed by atoms with van der Waals surface area (Å²) in [5.41, 5.74) is 1.59. The third-order valence-corrected chi connectivity index (χ3v) is 6.74. The van der Waals surface area contributed by atoms with Gasteiger partial charge in [0.15, 0.2) is 0 Å². The number of unbranched alkanes of at least 4 members (excludes halogenated alkanes) is 17. The number of carbonyl (C=O) groups is 1. The zero-order chi connectivity index (χ0) is 24.1. The fourth-order valence-electron chi connectivity index (χ4n) is 4.57. The molecule has 0 fully saturated rings. The maximum Gasteiger partial charge on any atom is 0.248 e. The van der Waals surface area contributed by atoms with Crippen LogP contribution in [0.2, 0.25) is 0 Å². The number of fused-ring (bicyclic) bond motifs is 1. The topological polar surface area (TPSA) is 47.8 Å². The van der Waals surface area contributed by atoms with Gasteiger partial charge in [0.2, 0.25) is 5.91 Å². The second-order valence-electron chi connectivity index (χ2n) is 9.84. The maximum atomic E-state index is 12.4. The number of hydrogen-bond donors (Lipinski definition) is 0. The molecule has 4 heteroatoms. The van der Waals surface area contributed by atoms with Crippen LogP contribution < -0.4 is 0 Å². The molecule has 0 atom stereocenters. The van der Waals surface area contributed by atoms with Crippen molar-refractivity contribution in [1.82, 2.24) is 15.0 Å². The van der Waals surface area contributed by atoms with E-state index in [-0.39, 0.29) is 5.91 Å². The Hall–Kier alpha value is -1.97. The van der Waals surface area contributed by atoms with E-state index in [0.717, 1.165) is 23.9 Å². The SMILES string of the molecule is CCCCCCCCCCCCCCC/C=C/CCCCCCC(=O)n1nnc2ccccc21. The Balaban J connectivity index is 1.32. The molecule has 1 heterocycles. The van der Waals surface area contributed by atoms with Crippen LogP contribution in [0.4, 0.5) is 0 Å². The number of rotatable bonds is 21. The van der Waals surface area contributed by atoms with E-state index in [1.165, 1.54) is 114 Å². The highest BCUT2D eigenvalue weighted by Crippen LogP contribution is 2.14. The van der Waals surface area contributed by atoms with Crippen LogP contribution in [0.5, 0.6) is 0 Å². The van der Waals surface area contributed by atoms with Crippen molar-refractivity contribution in [2.45, 2.75) is 135 Å². The number of aromatic nitrogens is 3. The van der Waals surface area contributed by atoms with Crippen LogP contribution in [0, 0.1) is 0 Å². The molecule has 0 saturated heterocycles. The van der Waals surface area contributed by atoms with E-state index in [2.05, 4.69) is 29.4 Å². The van der Waals surface area contributed by atoms with Gasteiger partial charge < -0.3 is 0 Å². The normalized spacial score (nSPS) is 11.7. The Morgan fingerprint density at radius 3 is 1.79 bits per heavy atom. The van der Waals surface area contributed by atoms with Crippen LogP contribution in [0.1, 0.15) is 140 Å². The quantitative estimate of drug-likeness (QED) is 0.136. The number of hydrogen-bond acceptors (Lipinski definition) is 3. The molecule has 2 rings (SSSR count). The second-order valence-corrected chi connectivity index (χ2v) is 9.84. The fraction of sp³-hybridized carbons (Fsp3) is 0.700. The van der Waals surface area contributed by atoms with Crippen molar-refractivity contribution < 1.29 is 4.79 Å². The smallest absolute Gasteiger partial charge is 0.248 e. The first-order valence-corrected chi connectivity index (χ1v) is 14.3. The molecule has 0 aliphatic carbocycles. The van der Waals surface area contributed by atoms with Gasteiger partial charge >= 0.3 is 0 Å². The third-order valence-electron chi connectivity index (χ3n) is 6.74. The molecule has 1 aromatic carbocycles. The molecule has 2 aromatic rings. The Morgan fingerprint density at radius 2 is 1.21 bits per heavy atom. The van der Waals surface area contributed by atoms with Crippen molar-refractivity contribution in [2.75, 3.05) is 0 Å². The zero-order valence-corrected chi connectivity index (χ0v) is 21.9. The lowest BCUT2D eigenvalue weighted by Crippen LogP contribution is -2.12. The lowest BCUT2D eigenvalue weighted by molar-refractivity contribution is 0.0886. The molecule has 0 radical (unpaired) electrons. The van der Waals surface area contributed by atoms with Crippen molar-refractivity contribution >= 4 is 16.9 Å². The Morgan fingerprint density at radius 1 is 0.706 bits per heavy atom. The standard InChI is InChI=1S/C30H49N3O/c1-2-3-4-5-6-7-8-9-10-11-12-13-14-15-16-17-18-19-20-21-22-27-30(34)33-29-26-24-23-25-28(29)31-32-33/h16-17,23-26H,2-15,18-22,27H2,1H3/b17-16+. The van der Waals surface area contributed by atoms with Crippen LogP contribution in [0.3, 0.4) is 0 Å². The lowest BCUT2D eigenvalue weighted by Gasteiger charge is -2.02. The van der Waals surface area contributed by atoms with E-state index >= 15 is 0 Å². The molecule has 0 amide bonds. The van der Waals surface area contributed by atoms with Crippen molar-refractivity contribution in [2.24, 2.45) is 0 Å². The van der Waals surface area contributed by atoms with Gasteiger partial charge in [-0.2, -0.15) is 4.68 Å². The van der Waals surface area contributed by atoms with Crippen molar-refractivity contribution in [3.8, 4) is 0 Å². The van der Waals surface area contributed by atoms with Crippen molar-refractivity contribution in [3.63, 3.8) is 0 Å². The van der Waals surface area contributed by atoms with Crippen LogP contribution in [-0.4, -0.2) is 20.9 Å². The first-order chi connectivity index (χ1) is 16.8. The summed E-state index contributed by atoms with van der Waals surface area (Å²) in [6, 6.07) is 7.62. The predicted molar refractivity (Wildman–Crippen MR) is 145 cm³/mol. The third kappa shape index (κ3) is 12.5. The molecule has 0 spiro atoms. The van der Waals surface area contributed by atoms with Gasteiger partial charge in [-0.3, -0.25) is 4.79 Å². The van der Waals surface area contributed by atoms with Gasteiger partial charge in [-0.25, -0.2) is 0 Å². The first-order valence-electron chi connectivity index (χ1n) is 14.3. The molecule has 0 N–H and O–H groups in total. The summed E-state index contributed by atoms with van der Waals surface area (Å²) >= 11 is 0. The molecule has 0 bridgehead atoms. The highest BCUT2D eigenvalue weighted by Gasteiger charge is 2.10. The highest BCUT2D eigenvalue weighted by molar-refractivity contribution is 5.88. The number of nitrogens with zero attached hydrogens (tertiary/aromatic N) is 3. The summed E-state index contributed by atoms with van der Waals surface area (Å²) in [5, 5.41) is 8.07. The molecule has 0 saturated carbocycles. The molecule has 1 aromatic heterocycles. The van der Waals surface area contributed by atoms with Crippen LogP contribution in [-0.2, 0) is 0 Å². The molecule has 34 heavy (non-hydrogen) atoms. The van der Waals surface area contributed by atoms with E-state index < -0.39 is 0 Å². The largest absolute Gasteiger partial charge is 0.273 e. The first kappa shape index (κ1) is 28.3. The Kier molecular flexibility index (Phi) is 16.1. The van der Waals surface area contributed by atoms with Gasteiger partial charge in [0, 0.05) is 6.42 Å². The average Bonchev–Trinajstić information content (AvgIpc) is 3.29. The number of para-hydroxylation sites is 1. The summed E-state index contributed by atoms with van der Waals surface area (Å²) < 4.78 is 1.45. The van der Waals surface area contributed by atoms with Crippen molar-refractivity contribution in [1.29, 1.82) is 0 Å². The maximum absolute atomic E-state index is 12.4. The number of allylic oxidation sites excluding steroid dienone is 2. The van der Waals surface area contributed by atoms with E-state index in [0.29, 0.717) is 6.42 Å². The van der Waals surface area contributed by atoms with Crippen LogP contribution >= 0.6 is 0 Å². The summed E-state index contributed by atoms with van der Waals surface area (Å²) in [4.78, 5) is 12.4. The number of carbonyl (C=O) groups excluding carboxylic acids is 1. The minimum absolute atomic E-state index is 0.0476. The van der Waals surface area contributed by atoms with E-state index in [4.69, 9.17) is 0 Å². The van der Waals surface area contributed by atoms with E-state index in [9.17, 15) is 4.79 Å². The highest BCUT2D eigenvalue weighted by atomic mass is 16.2. The van der Waals surface area contributed by atoms with Gasteiger partial charge in [-0.15, -0.1) is 5.10 Å². The van der Waals surface area contributed by atoms with Crippen LogP contribution in [0.15, 0.2) is 36.4 Å². The molecule has 4 nitrogen and oxygen atoms in total. The molecular weight excluding hydrogens is 418 g/mol. The Bertz CT molecular complexity index is 795. The summed E-state index contributed by atoms with van der Waals surface area (Å²) in [5.74, 6) is 0.0476. The summed E-state index contributed by atoms with van der Waals surface area (Å²) in [6.45, 7) is 2.29. The molecule has 0 unspecified atom stereocenters. The van der Waals surface area contributed by atoms with E-state index in [1.807, 2.05) is 24.3 Å². The van der Waals surface area contributed by atoms with Gasteiger partial charge in [0.1, 0.15) is 5.52 Å². The summed E-state index contributed by atoms with van der Waals surface area (Å²) in [6.07, 6.45) is 30.6. The monoisotopic (exact) mass is 467 g/mol. The average molecular weight is 468 g/mol. The van der Waals surface area contributed by atoms with Gasteiger partial charge in [0.25, 0.3) is 0 Å². The fourth-order valence-corrected chi connectivity index (χ4v) is 4.57. The predicted octanol–water partition coefficient (Wildman–Crippen LogP) is 9.45. The van der Waals surface area contributed by atoms with Gasteiger partial charge in [-0.1, -0.05) is 126 Å². The zero-order valence-electron chi connectivity index (χ0n) is 21.9. The molecule has 190 valence electrons.